The third kappa shape index (κ3) is 4.64. The Morgan fingerprint density at radius 3 is 2.75 bits per heavy atom. The molecule has 3 heteroatoms. The molecule has 1 aromatic rings. The summed E-state index contributed by atoms with van der Waals surface area (Å²) in [6.45, 7) is 6.09. The summed E-state index contributed by atoms with van der Waals surface area (Å²) >= 11 is 3.49. The molecule has 0 aliphatic heterocycles. The molecule has 0 radical (unpaired) electrons. The summed E-state index contributed by atoms with van der Waals surface area (Å²) in [7, 11) is 1.73. The van der Waals surface area contributed by atoms with Gasteiger partial charge in [-0.05, 0) is 30.5 Å². The fourth-order valence-electron chi connectivity index (χ4n) is 1.62. The van der Waals surface area contributed by atoms with E-state index in [1.54, 1.807) is 7.11 Å². The molecule has 0 fully saturated rings. The third-order valence-electron chi connectivity index (χ3n) is 2.61. The molecule has 1 N–H and O–H groups in total. The van der Waals surface area contributed by atoms with Gasteiger partial charge in [0.15, 0.2) is 0 Å². The van der Waals surface area contributed by atoms with Crippen molar-refractivity contribution in [3.8, 4) is 0 Å². The summed E-state index contributed by atoms with van der Waals surface area (Å²) in [4.78, 5) is 0. The maximum Gasteiger partial charge on any atom is 0.0613 e. The molecule has 0 spiro atoms. The van der Waals surface area contributed by atoms with E-state index in [1.165, 1.54) is 5.56 Å². The lowest BCUT2D eigenvalue weighted by Crippen LogP contribution is -2.33. The number of hydrogen-bond acceptors (Lipinski definition) is 2. The largest absolute Gasteiger partial charge is 0.383 e. The first-order chi connectivity index (χ1) is 7.63. The van der Waals surface area contributed by atoms with Crippen molar-refractivity contribution < 1.29 is 4.74 Å². The number of ether oxygens (including phenoxy) is 1. The number of hydrogen-bond donors (Lipinski definition) is 1. The second kappa shape index (κ2) is 7.05. The van der Waals surface area contributed by atoms with Gasteiger partial charge >= 0.3 is 0 Å². The predicted octanol–water partition coefficient (Wildman–Crippen LogP) is 3.18. The zero-order chi connectivity index (χ0) is 12.0. The highest BCUT2D eigenvalue weighted by molar-refractivity contribution is 9.10. The van der Waals surface area contributed by atoms with Gasteiger partial charge in [-0.2, -0.15) is 0 Å². The van der Waals surface area contributed by atoms with Crippen LogP contribution in [-0.4, -0.2) is 26.3 Å². The highest BCUT2D eigenvalue weighted by Gasteiger charge is 2.07. The lowest BCUT2D eigenvalue weighted by molar-refractivity contribution is 0.171. The summed E-state index contributed by atoms with van der Waals surface area (Å²) in [5.74, 6) is 0.511. The van der Waals surface area contributed by atoms with Crippen molar-refractivity contribution in [1.82, 2.24) is 5.32 Å². The van der Waals surface area contributed by atoms with E-state index < -0.39 is 0 Å². The second-order valence-corrected chi connectivity index (χ2v) is 5.14. The number of benzene rings is 1. The molecule has 16 heavy (non-hydrogen) atoms. The zero-order valence-corrected chi connectivity index (χ0v) is 11.8. The highest BCUT2D eigenvalue weighted by Crippen LogP contribution is 2.19. The van der Waals surface area contributed by atoms with Gasteiger partial charge in [-0.1, -0.05) is 35.0 Å². The molecule has 0 bridgehead atoms. The minimum atomic E-state index is 0.402. The smallest absolute Gasteiger partial charge is 0.0613 e. The van der Waals surface area contributed by atoms with Crippen LogP contribution in [-0.2, 0) is 4.74 Å². The van der Waals surface area contributed by atoms with Gasteiger partial charge in [0.2, 0.25) is 0 Å². The first kappa shape index (κ1) is 13.7. The van der Waals surface area contributed by atoms with Crippen molar-refractivity contribution in [3.05, 3.63) is 34.3 Å². The number of rotatable bonds is 6. The average molecular weight is 286 g/mol. The van der Waals surface area contributed by atoms with E-state index in [2.05, 4.69) is 59.4 Å². The minimum Gasteiger partial charge on any atom is -0.383 e. The van der Waals surface area contributed by atoms with Gasteiger partial charge in [0, 0.05) is 24.2 Å². The van der Waals surface area contributed by atoms with E-state index in [1.807, 2.05) is 0 Å². The van der Waals surface area contributed by atoms with E-state index in [4.69, 9.17) is 4.74 Å². The van der Waals surface area contributed by atoms with Gasteiger partial charge in [-0.25, -0.2) is 0 Å². The van der Waals surface area contributed by atoms with Crippen molar-refractivity contribution in [3.63, 3.8) is 0 Å². The molecule has 2 nitrogen and oxygen atoms in total. The Morgan fingerprint density at radius 2 is 2.12 bits per heavy atom. The third-order valence-corrected chi connectivity index (χ3v) is 3.10. The second-order valence-electron chi connectivity index (χ2n) is 4.22. The lowest BCUT2D eigenvalue weighted by Gasteiger charge is -2.17. The van der Waals surface area contributed by atoms with Gasteiger partial charge < -0.3 is 10.1 Å². The van der Waals surface area contributed by atoms with Gasteiger partial charge in [-0.15, -0.1) is 0 Å². The molecule has 2 atom stereocenters. The van der Waals surface area contributed by atoms with E-state index >= 15 is 0 Å². The van der Waals surface area contributed by atoms with E-state index in [-0.39, 0.29) is 0 Å². The molecular weight excluding hydrogens is 266 g/mol. The number of halogens is 1. The van der Waals surface area contributed by atoms with Gasteiger partial charge in [0.05, 0.1) is 6.61 Å². The quantitative estimate of drug-likeness (QED) is 0.867. The summed E-state index contributed by atoms with van der Waals surface area (Å²) in [6, 6.07) is 8.87. The van der Waals surface area contributed by atoms with Crippen LogP contribution in [0.15, 0.2) is 28.7 Å². The predicted molar refractivity (Wildman–Crippen MR) is 71.9 cm³/mol. The van der Waals surface area contributed by atoms with Crippen LogP contribution in [0.4, 0.5) is 0 Å². The van der Waals surface area contributed by atoms with Crippen molar-refractivity contribution in [1.29, 1.82) is 0 Å². The zero-order valence-electron chi connectivity index (χ0n) is 10.2. The van der Waals surface area contributed by atoms with Crippen LogP contribution in [0.3, 0.4) is 0 Å². The van der Waals surface area contributed by atoms with Gasteiger partial charge in [0.25, 0.3) is 0 Å². The van der Waals surface area contributed by atoms with Crippen molar-refractivity contribution >= 4 is 15.9 Å². The molecule has 1 aromatic carbocycles. The molecular formula is C13H20BrNO. The lowest BCUT2D eigenvalue weighted by atomic mass is 10.0. The molecule has 1 rings (SSSR count). The summed E-state index contributed by atoms with van der Waals surface area (Å²) in [6.07, 6.45) is 0. The maximum absolute atomic E-state index is 5.09. The normalized spacial score (nSPS) is 14.8. The maximum atomic E-state index is 5.09. The minimum absolute atomic E-state index is 0.402. The molecule has 90 valence electrons. The van der Waals surface area contributed by atoms with Crippen LogP contribution in [0.25, 0.3) is 0 Å². The van der Waals surface area contributed by atoms with Crippen LogP contribution < -0.4 is 5.32 Å². The molecule has 0 aromatic heterocycles. The first-order valence-corrected chi connectivity index (χ1v) is 6.40. The van der Waals surface area contributed by atoms with E-state index in [9.17, 15) is 0 Å². The first-order valence-electron chi connectivity index (χ1n) is 5.61. The molecule has 0 saturated heterocycles. The number of nitrogens with one attached hydrogen (secondary N) is 1. The summed E-state index contributed by atoms with van der Waals surface area (Å²) in [5.41, 5.74) is 1.35. The Bertz CT molecular complexity index is 317. The Labute approximate surface area is 107 Å². The standard InChI is InChI=1S/C13H20BrNO/c1-10(8-15-11(2)9-16-3)12-5-4-6-13(14)7-12/h4-7,10-11,15H,8-9H2,1-3H3. The SMILES string of the molecule is COCC(C)NCC(C)c1cccc(Br)c1. The van der Waals surface area contributed by atoms with E-state index in [0.29, 0.717) is 12.0 Å². The van der Waals surface area contributed by atoms with Gasteiger partial charge in [-0.3, -0.25) is 0 Å². The molecule has 0 amide bonds. The van der Waals surface area contributed by atoms with Crippen LogP contribution >= 0.6 is 15.9 Å². The highest BCUT2D eigenvalue weighted by atomic mass is 79.9. The van der Waals surface area contributed by atoms with Crippen molar-refractivity contribution in [2.75, 3.05) is 20.3 Å². The van der Waals surface area contributed by atoms with Gasteiger partial charge in [0.1, 0.15) is 0 Å². The molecule has 0 saturated carbocycles. The fourth-order valence-corrected chi connectivity index (χ4v) is 2.03. The molecule has 0 aliphatic carbocycles. The Morgan fingerprint density at radius 1 is 1.38 bits per heavy atom. The van der Waals surface area contributed by atoms with Crippen LogP contribution in [0.1, 0.15) is 25.3 Å². The monoisotopic (exact) mass is 285 g/mol. The molecule has 0 aliphatic rings. The van der Waals surface area contributed by atoms with Crippen LogP contribution in [0.2, 0.25) is 0 Å². The average Bonchev–Trinajstić information content (AvgIpc) is 2.26. The van der Waals surface area contributed by atoms with Crippen LogP contribution in [0, 0.1) is 0 Å². The topological polar surface area (TPSA) is 21.3 Å². The Hall–Kier alpha value is -0.380. The molecule has 0 heterocycles. The van der Waals surface area contributed by atoms with E-state index in [0.717, 1.165) is 17.6 Å². The van der Waals surface area contributed by atoms with Crippen LogP contribution in [0.5, 0.6) is 0 Å². The molecule has 2 unspecified atom stereocenters. The number of methoxy groups -OCH3 is 1. The summed E-state index contributed by atoms with van der Waals surface area (Å²) in [5, 5.41) is 3.46. The van der Waals surface area contributed by atoms with Crippen molar-refractivity contribution in [2.24, 2.45) is 0 Å². The summed E-state index contributed by atoms with van der Waals surface area (Å²) < 4.78 is 6.23. The Balaban J connectivity index is 2.43. The Kier molecular flexibility index (Phi) is 6.03. The van der Waals surface area contributed by atoms with Crippen molar-refractivity contribution in [2.45, 2.75) is 25.8 Å². The fraction of sp³-hybridized carbons (Fsp3) is 0.538.